The van der Waals surface area contributed by atoms with E-state index >= 15 is 0 Å². The fraction of sp³-hybridized carbons (Fsp3) is 0.231. The number of carbonyl (C=O) groups excluding carboxylic acids is 2. The average molecular weight is 328 g/mol. The number of hydrogen-bond donors (Lipinski definition) is 3. The van der Waals surface area contributed by atoms with Crippen LogP contribution in [0.25, 0.3) is 0 Å². The van der Waals surface area contributed by atoms with Crippen LogP contribution in [0.5, 0.6) is 0 Å². The van der Waals surface area contributed by atoms with Gasteiger partial charge in [0.1, 0.15) is 11.0 Å². The van der Waals surface area contributed by atoms with Gasteiger partial charge in [-0.2, -0.15) is 8.42 Å². The van der Waals surface area contributed by atoms with Crippen molar-refractivity contribution in [1.82, 2.24) is 5.32 Å². The van der Waals surface area contributed by atoms with Gasteiger partial charge in [-0.1, -0.05) is 24.8 Å². The number of rotatable bonds is 6. The fourth-order valence-corrected chi connectivity index (χ4v) is 2.37. The Hall–Kier alpha value is -2.39. The van der Waals surface area contributed by atoms with Gasteiger partial charge in [-0.15, -0.1) is 0 Å². The summed E-state index contributed by atoms with van der Waals surface area (Å²) in [5, 5.41) is 2.22. The first-order valence-electron chi connectivity index (χ1n) is 6.09. The van der Waals surface area contributed by atoms with Crippen molar-refractivity contribution in [3.63, 3.8) is 0 Å². The van der Waals surface area contributed by atoms with E-state index in [0.717, 1.165) is 6.07 Å². The zero-order valence-corrected chi connectivity index (χ0v) is 12.6. The number of urea groups is 1. The van der Waals surface area contributed by atoms with E-state index < -0.39 is 33.1 Å². The molecular weight excluding hydrogens is 312 g/mol. The SMILES string of the molecule is C=C(C)C(=O)OC(CNC(N)=O)c1ccccc1S(=O)(=O)O. The number of benzene rings is 1. The number of hydrogen-bond acceptors (Lipinski definition) is 5. The molecule has 1 rings (SSSR count). The maximum absolute atomic E-state index is 11.7. The van der Waals surface area contributed by atoms with E-state index in [9.17, 15) is 22.6 Å². The Labute approximate surface area is 127 Å². The van der Waals surface area contributed by atoms with Gasteiger partial charge in [0.25, 0.3) is 10.1 Å². The molecule has 2 amide bonds. The number of amides is 2. The summed E-state index contributed by atoms with van der Waals surface area (Å²) in [5.41, 5.74) is 5.06. The quantitative estimate of drug-likeness (QED) is 0.401. The highest BCUT2D eigenvalue weighted by Gasteiger charge is 2.25. The predicted molar refractivity (Wildman–Crippen MR) is 77.5 cm³/mol. The smallest absolute Gasteiger partial charge is 0.333 e. The molecule has 1 unspecified atom stereocenters. The van der Waals surface area contributed by atoms with Gasteiger partial charge >= 0.3 is 12.0 Å². The number of carbonyl (C=O) groups is 2. The number of nitrogens with two attached hydrogens (primary N) is 1. The van der Waals surface area contributed by atoms with Crippen LogP contribution in [-0.4, -0.2) is 31.5 Å². The molecule has 0 saturated carbocycles. The summed E-state index contributed by atoms with van der Waals surface area (Å²) >= 11 is 0. The lowest BCUT2D eigenvalue weighted by molar-refractivity contribution is -0.144. The second-order valence-corrected chi connectivity index (χ2v) is 5.82. The Bertz CT molecular complexity index is 698. The van der Waals surface area contributed by atoms with Crippen LogP contribution in [0, 0.1) is 0 Å². The molecular formula is C13H16N2O6S. The summed E-state index contributed by atoms with van der Waals surface area (Å²) in [7, 11) is -4.53. The fourth-order valence-electron chi connectivity index (χ4n) is 1.62. The molecule has 9 heteroatoms. The van der Waals surface area contributed by atoms with E-state index in [1.165, 1.54) is 25.1 Å². The zero-order valence-electron chi connectivity index (χ0n) is 11.8. The van der Waals surface area contributed by atoms with Crippen molar-refractivity contribution in [1.29, 1.82) is 0 Å². The first-order chi connectivity index (χ1) is 10.1. The van der Waals surface area contributed by atoms with Crippen LogP contribution in [0.4, 0.5) is 4.79 Å². The molecule has 1 atom stereocenters. The zero-order chi connectivity index (χ0) is 16.9. The maximum Gasteiger partial charge on any atom is 0.333 e. The molecule has 0 aromatic heterocycles. The van der Waals surface area contributed by atoms with Crippen molar-refractivity contribution in [2.45, 2.75) is 17.9 Å². The molecule has 22 heavy (non-hydrogen) atoms. The van der Waals surface area contributed by atoms with Crippen molar-refractivity contribution in [3.05, 3.63) is 42.0 Å². The Kier molecular flexibility index (Phi) is 5.66. The van der Waals surface area contributed by atoms with Gasteiger partial charge in [-0.3, -0.25) is 4.55 Å². The highest BCUT2D eigenvalue weighted by atomic mass is 32.2. The molecule has 0 aliphatic carbocycles. The van der Waals surface area contributed by atoms with Crippen molar-refractivity contribution in [2.75, 3.05) is 6.54 Å². The van der Waals surface area contributed by atoms with Gasteiger partial charge in [-0.25, -0.2) is 9.59 Å². The molecule has 1 aromatic carbocycles. The lowest BCUT2D eigenvalue weighted by Crippen LogP contribution is -2.34. The molecule has 0 radical (unpaired) electrons. The van der Waals surface area contributed by atoms with Crippen LogP contribution in [0.3, 0.4) is 0 Å². The highest BCUT2D eigenvalue weighted by molar-refractivity contribution is 7.85. The van der Waals surface area contributed by atoms with E-state index in [-0.39, 0.29) is 17.7 Å². The molecule has 8 nitrogen and oxygen atoms in total. The molecule has 0 bridgehead atoms. The Balaban J connectivity index is 3.23. The molecule has 120 valence electrons. The summed E-state index contributed by atoms with van der Waals surface area (Å²) in [6.45, 7) is 4.56. The highest BCUT2D eigenvalue weighted by Crippen LogP contribution is 2.25. The Morgan fingerprint density at radius 1 is 1.41 bits per heavy atom. The average Bonchev–Trinajstić information content (AvgIpc) is 2.41. The summed E-state index contributed by atoms with van der Waals surface area (Å²) < 4.78 is 37.1. The molecule has 1 aromatic rings. The first kappa shape index (κ1) is 17.7. The summed E-state index contributed by atoms with van der Waals surface area (Å²) in [6.07, 6.45) is -1.16. The predicted octanol–water partition coefficient (Wildman–Crippen LogP) is 0.762. The summed E-state index contributed by atoms with van der Waals surface area (Å²) in [6, 6.07) is 4.51. The third kappa shape index (κ3) is 4.86. The minimum Gasteiger partial charge on any atom is -0.452 e. The lowest BCUT2D eigenvalue weighted by atomic mass is 10.1. The minimum atomic E-state index is -4.53. The number of primary amides is 1. The monoisotopic (exact) mass is 328 g/mol. The number of ether oxygens (including phenoxy) is 1. The topological polar surface area (TPSA) is 136 Å². The van der Waals surface area contributed by atoms with Gasteiger partial charge < -0.3 is 15.8 Å². The van der Waals surface area contributed by atoms with Crippen molar-refractivity contribution >= 4 is 22.1 Å². The van der Waals surface area contributed by atoms with Crippen LogP contribution in [0.15, 0.2) is 41.3 Å². The van der Waals surface area contributed by atoms with Crippen molar-refractivity contribution < 1.29 is 27.3 Å². The van der Waals surface area contributed by atoms with E-state index in [1.807, 2.05) is 0 Å². The van der Waals surface area contributed by atoms with Gasteiger partial charge in [-0.05, 0) is 13.0 Å². The number of esters is 1. The van der Waals surface area contributed by atoms with Crippen LogP contribution in [0.1, 0.15) is 18.6 Å². The molecule has 0 aliphatic rings. The summed E-state index contributed by atoms with van der Waals surface area (Å²) in [4.78, 5) is 22.0. The van der Waals surface area contributed by atoms with E-state index in [0.29, 0.717) is 0 Å². The second kappa shape index (κ2) is 7.05. The minimum absolute atomic E-state index is 0.00773. The summed E-state index contributed by atoms with van der Waals surface area (Å²) in [5.74, 6) is -0.776. The second-order valence-electron chi connectivity index (χ2n) is 4.43. The van der Waals surface area contributed by atoms with E-state index in [1.54, 1.807) is 0 Å². The third-order valence-electron chi connectivity index (χ3n) is 2.60. The van der Waals surface area contributed by atoms with E-state index in [2.05, 4.69) is 11.9 Å². The molecule has 4 N–H and O–H groups in total. The van der Waals surface area contributed by atoms with Crippen molar-refractivity contribution in [2.24, 2.45) is 5.73 Å². The first-order valence-corrected chi connectivity index (χ1v) is 7.53. The Morgan fingerprint density at radius 2 is 2.00 bits per heavy atom. The van der Waals surface area contributed by atoms with Crippen LogP contribution < -0.4 is 11.1 Å². The van der Waals surface area contributed by atoms with Gasteiger partial charge in [0.15, 0.2) is 0 Å². The standard InChI is InChI=1S/C13H16N2O6S/c1-8(2)12(16)21-10(7-15-13(14)17)9-5-3-4-6-11(9)22(18,19)20/h3-6,10H,1,7H2,2H3,(H3,14,15,17)(H,18,19,20). The van der Waals surface area contributed by atoms with Gasteiger partial charge in [0.2, 0.25) is 0 Å². The van der Waals surface area contributed by atoms with Crippen LogP contribution in [-0.2, 0) is 19.6 Å². The normalized spacial score (nSPS) is 12.3. The molecule has 0 saturated heterocycles. The van der Waals surface area contributed by atoms with Crippen LogP contribution in [0.2, 0.25) is 0 Å². The third-order valence-corrected chi connectivity index (χ3v) is 3.53. The van der Waals surface area contributed by atoms with Gasteiger partial charge in [0.05, 0.1) is 6.54 Å². The van der Waals surface area contributed by atoms with E-state index in [4.69, 9.17) is 10.5 Å². The molecule has 0 fully saturated rings. The van der Waals surface area contributed by atoms with Gasteiger partial charge in [0, 0.05) is 11.1 Å². The molecule has 0 aliphatic heterocycles. The largest absolute Gasteiger partial charge is 0.452 e. The van der Waals surface area contributed by atoms with Crippen molar-refractivity contribution in [3.8, 4) is 0 Å². The Morgan fingerprint density at radius 3 is 2.50 bits per heavy atom. The maximum atomic E-state index is 11.7. The molecule has 0 spiro atoms. The lowest BCUT2D eigenvalue weighted by Gasteiger charge is -2.20. The molecule has 0 heterocycles. The van der Waals surface area contributed by atoms with Crippen LogP contribution >= 0.6 is 0 Å². The number of nitrogens with one attached hydrogen (secondary N) is 1.